The van der Waals surface area contributed by atoms with E-state index in [9.17, 15) is 19.7 Å². The minimum Gasteiger partial charge on any atom is -0.321 e. The summed E-state index contributed by atoms with van der Waals surface area (Å²) >= 11 is 0. The Kier molecular flexibility index (Phi) is 6.12. The van der Waals surface area contributed by atoms with Crippen molar-refractivity contribution in [2.45, 2.75) is 0 Å². The molecule has 29 heavy (non-hydrogen) atoms. The van der Waals surface area contributed by atoms with Gasteiger partial charge in [-0.1, -0.05) is 48.5 Å². The Morgan fingerprint density at radius 1 is 0.828 bits per heavy atom. The van der Waals surface area contributed by atoms with Crippen molar-refractivity contribution in [3.05, 3.63) is 112 Å². The molecule has 0 bridgehead atoms. The summed E-state index contributed by atoms with van der Waals surface area (Å²) in [6.07, 6.45) is 1.56. The van der Waals surface area contributed by atoms with Gasteiger partial charge < -0.3 is 10.6 Å². The number of non-ortho nitro benzene ring substituents is 1. The molecule has 0 saturated carbocycles. The third-order valence-electron chi connectivity index (χ3n) is 3.98. The van der Waals surface area contributed by atoms with Crippen molar-refractivity contribution < 1.29 is 14.5 Å². The van der Waals surface area contributed by atoms with E-state index in [1.54, 1.807) is 48.5 Å². The van der Waals surface area contributed by atoms with E-state index in [-0.39, 0.29) is 11.4 Å². The van der Waals surface area contributed by atoms with Gasteiger partial charge in [0.1, 0.15) is 5.70 Å². The minimum absolute atomic E-state index is 0.0448. The molecule has 0 aromatic heterocycles. The fraction of sp³-hybridized carbons (Fsp3) is 0. The van der Waals surface area contributed by atoms with E-state index in [4.69, 9.17) is 0 Å². The highest BCUT2D eigenvalue weighted by Gasteiger charge is 2.15. The van der Waals surface area contributed by atoms with Crippen molar-refractivity contribution in [3.63, 3.8) is 0 Å². The molecule has 0 aliphatic rings. The molecule has 0 fully saturated rings. The number of nitro benzene ring substituents is 1. The number of rotatable bonds is 6. The number of nitrogens with one attached hydrogen (secondary N) is 2. The molecule has 0 spiro atoms. The van der Waals surface area contributed by atoms with E-state index in [0.29, 0.717) is 11.3 Å². The van der Waals surface area contributed by atoms with E-state index in [1.807, 2.05) is 18.2 Å². The van der Waals surface area contributed by atoms with Gasteiger partial charge in [0.15, 0.2) is 0 Å². The third-order valence-corrected chi connectivity index (χ3v) is 3.98. The zero-order valence-corrected chi connectivity index (χ0v) is 15.2. The van der Waals surface area contributed by atoms with Crippen LogP contribution in [-0.4, -0.2) is 16.7 Å². The van der Waals surface area contributed by atoms with E-state index < -0.39 is 16.7 Å². The Balaban J connectivity index is 1.84. The zero-order chi connectivity index (χ0) is 20.6. The zero-order valence-electron chi connectivity index (χ0n) is 15.2. The number of carbonyl (C=O) groups is 2. The van der Waals surface area contributed by atoms with Crippen LogP contribution in [0, 0.1) is 10.1 Å². The maximum atomic E-state index is 12.8. The van der Waals surface area contributed by atoms with Crippen LogP contribution in [0.1, 0.15) is 15.9 Å². The number of amides is 2. The summed E-state index contributed by atoms with van der Waals surface area (Å²) in [6, 6.07) is 23.0. The second-order valence-corrected chi connectivity index (χ2v) is 6.05. The Morgan fingerprint density at radius 2 is 1.41 bits per heavy atom. The minimum atomic E-state index is -0.549. The lowest BCUT2D eigenvalue weighted by Gasteiger charge is -2.11. The molecule has 7 heteroatoms. The van der Waals surface area contributed by atoms with Crippen molar-refractivity contribution in [2.75, 3.05) is 5.32 Å². The molecule has 2 N–H and O–H groups in total. The van der Waals surface area contributed by atoms with Crippen molar-refractivity contribution in [3.8, 4) is 0 Å². The Hall–Kier alpha value is -4.26. The van der Waals surface area contributed by atoms with Crippen LogP contribution in [0.4, 0.5) is 11.4 Å². The molecule has 0 heterocycles. The molecule has 7 nitrogen and oxygen atoms in total. The van der Waals surface area contributed by atoms with Crippen molar-refractivity contribution in [2.24, 2.45) is 0 Å². The molecule has 3 rings (SSSR count). The van der Waals surface area contributed by atoms with Gasteiger partial charge in [0.05, 0.1) is 4.92 Å². The van der Waals surface area contributed by atoms with Crippen molar-refractivity contribution >= 4 is 29.3 Å². The fourth-order valence-electron chi connectivity index (χ4n) is 2.52. The van der Waals surface area contributed by atoms with Crippen LogP contribution < -0.4 is 10.6 Å². The summed E-state index contributed by atoms with van der Waals surface area (Å²) in [4.78, 5) is 35.5. The molecule has 0 aliphatic carbocycles. The maximum Gasteiger partial charge on any atom is 0.272 e. The number of carbonyl (C=O) groups excluding carboxylic acids is 2. The first-order valence-corrected chi connectivity index (χ1v) is 8.72. The highest BCUT2D eigenvalue weighted by atomic mass is 16.6. The second-order valence-electron chi connectivity index (χ2n) is 6.05. The Morgan fingerprint density at radius 3 is 2.00 bits per heavy atom. The molecule has 0 atom stereocenters. The summed E-state index contributed by atoms with van der Waals surface area (Å²) in [7, 11) is 0. The molecular weight excluding hydrogens is 370 g/mol. The maximum absolute atomic E-state index is 12.8. The topological polar surface area (TPSA) is 101 Å². The summed E-state index contributed by atoms with van der Waals surface area (Å²) in [6.45, 7) is 0. The number of nitrogens with zero attached hydrogens (tertiary/aromatic N) is 1. The molecular formula is C22H17N3O4. The molecule has 0 radical (unpaired) electrons. The molecule has 2 amide bonds. The van der Waals surface area contributed by atoms with Gasteiger partial charge in [-0.2, -0.15) is 0 Å². The number of hydrogen-bond acceptors (Lipinski definition) is 4. The Labute approximate surface area is 166 Å². The van der Waals surface area contributed by atoms with Crippen LogP contribution in [0.25, 0.3) is 6.08 Å². The predicted molar refractivity (Wildman–Crippen MR) is 110 cm³/mol. The van der Waals surface area contributed by atoms with Crippen molar-refractivity contribution in [1.82, 2.24) is 5.32 Å². The van der Waals surface area contributed by atoms with Gasteiger partial charge in [-0.25, -0.2) is 0 Å². The second kappa shape index (κ2) is 9.09. The van der Waals surface area contributed by atoms with Gasteiger partial charge in [-0.3, -0.25) is 19.7 Å². The fourth-order valence-corrected chi connectivity index (χ4v) is 2.52. The molecule has 0 saturated heterocycles. The van der Waals surface area contributed by atoms with Crippen LogP contribution in [0.15, 0.2) is 90.6 Å². The highest BCUT2D eigenvalue weighted by Crippen LogP contribution is 2.16. The smallest absolute Gasteiger partial charge is 0.272 e. The van der Waals surface area contributed by atoms with Crippen LogP contribution in [0.5, 0.6) is 0 Å². The lowest BCUT2D eigenvalue weighted by Crippen LogP contribution is -2.30. The normalized spacial score (nSPS) is 10.8. The third kappa shape index (κ3) is 5.36. The number of nitro groups is 1. The monoisotopic (exact) mass is 387 g/mol. The lowest BCUT2D eigenvalue weighted by molar-refractivity contribution is -0.384. The first kappa shape index (κ1) is 19.5. The van der Waals surface area contributed by atoms with E-state index >= 15 is 0 Å². The molecule has 0 aliphatic heterocycles. The van der Waals surface area contributed by atoms with E-state index in [0.717, 1.165) is 5.56 Å². The predicted octanol–water partition coefficient (Wildman–Crippen LogP) is 4.00. The number of anilines is 1. The lowest BCUT2D eigenvalue weighted by atomic mass is 10.1. The summed E-state index contributed by atoms with van der Waals surface area (Å²) < 4.78 is 0. The molecule has 0 unspecified atom stereocenters. The average Bonchev–Trinajstić information content (AvgIpc) is 2.75. The first-order valence-electron chi connectivity index (χ1n) is 8.72. The van der Waals surface area contributed by atoms with Gasteiger partial charge in [0.2, 0.25) is 0 Å². The van der Waals surface area contributed by atoms with Gasteiger partial charge >= 0.3 is 0 Å². The van der Waals surface area contributed by atoms with Gasteiger partial charge in [-0.05, 0) is 35.9 Å². The highest BCUT2D eigenvalue weighted by molar-refractivity contribution is 6.10. The SMILES string of the molecule is O=C(Nc1ccc([N+](=O)[O-])cc1)/C(=C/c1ccccc1)NC(=O)c1ccccc1. The van der Waals surface area contributed by atoms with Crippen LogP contribution in [0.3, 0.4) is 0 Å². The Bertz CT molecular complexity index is 1050. The van der Waals surface area contributed by atoms with Crippen molar-refractivity contribution in [1.29, 1.82) is 0 Å². The standard InChI is InChI=1S/C22H17N3O4/c26-21(17-9-5-2-6-10-17)24-20(15-16-7-3-1-4-8-16)22(27)23-18-11-13-19(14-12-18)25(28)29/h1-15H,(H,23,27)(H,24,26)/b20-15-. The average molecular weight is 387 g/mol. The summed E-state index contributed by atoms with van der Waals surface area (Å²) in [5, 5.41) is 16.0. The van der Waals surface area contributed by atoms with Gasteiger partial charge in [-0.15, -0.1) is 0 Å². The van der Waals surface area contributed by atoms with Gasteiger partial charge in [0.25, 0.3) is 17.5 Å². The summed E-state index contributed by atoms with van der Waals surface area (Å²) in [5.41, 5.74) is 1.47. The van der Waals surface area contributed by atoms with E-state index in [1.165, 1.54) is 24.3 Å². The quantitative estimate of drug-likeness (QED) is 0.379. The van der Waals surface area contributed by atoms with Crippen LogP contribution >= 0.6 is 0 Å². The molecule has 3 aromatic rings. The molecule has 3 aromatic carbocycles. The number of hydrogen-bond donors (Lipinski definition) is 2. The largest absolute Gasteiger partial charge is 0.321 e. The summed E-state index contributed by atoms with van der Waals surface area (Å²) in [5.74, 6) is -0.974. The van der Waals surface area contributed by atoms with E-state index in [2.05, 4.69) is 10.6 Å². The van der Waals surface area contributed by atoms with Gasteiger partial charge in [0, 0.05) is 23.4 Å². The first-order chi connectivity index (χ1) is 14.0. The van der Waals surface area contributed by atoms with Crippen LogP contribution in [-0.2, 0) is 4.79 Å². The van der Waals surface area contributed by atoms with Crippen LogP contribution in [0.2, 0.25) is 0 Å². The number of benzene rings is 3. The molecule has 144 valence electrons.